The molecular weight excluding hydrogens is 442 g/mol. The number of fused-ring (bicyclic) bond motifs is 2. The van der Waals surface area contributed by atoms with E-state index in [9.17, 15) is 4.79 Å². The topological polar surface area (TPSA) is 116 Å². The second-order valence-corrected chi connectivity index (χ2v) is 8.99. The molecule has 0 radical (unpaired) electrons. The van der Waals surface area contributed by atoms with Gasteiger partial charge in [0.2, 0.25) is 0 Å². The lowest BCUT2D eigenvalue weighted by Gasteiger charge is -2.39. The number of carbonyl (C=O) groups is 1. The second kappa shape index (κ2) is 10.1. The first-order valence-electron chi connectivity index (χ1n) is 11.8. The molecule has 2 aliphatic rings. The summed E-state index contributed by atoms with van der Waals surface area (Å²) in [5.41, 5.74) is 2.65. The number of aromatic nitrogens is 3. The minimum Gasteiger partial charge on any atom is -0.465 e. The predicted molar refractivity (Wildman–Crippen MR) is 131 cm³/mol. The van der Waals surface area contributed by atoms with Gasteiger partial charge in [0.1, 0.15) is 23.3 Å². The van der Waals surface area contributed by atoms with Crippen molar-refractivity contribution in [2.45, 2.75) is 50.4 Å². The largest absolute Gasteiger partial charge is 0.465 e. The summed E-state index contributed by atoms with van der Waals surface area (Å²) in [5, 5.41) is 15.6. The molecule has 178 valence electrons. The number of ether oxygens (including phenoxy) is 1. The monoisotopic (exact) mass is 469 g/mol. The number of esters is 1. The number of benzene rings is 1. The SMILES string of the molecule is COC(=O)c1cnc(Nc2cnc(C#N)cn2)cc1NC1CC2CC[C@@H](C1)N2Cc1ccccc1. The quantitative estimate of drug-likeness (QED) is 0.497. The fourth-order valence-corrected chi connectivity index (χ4v) is 5.16. The Morgan fingerprint density at radius 2 is 1.83 bits per heavy atom. The summed E-state index contributed by atoms with van der Waals surface area (Å²) in [6, 6.07) is 15.6. The molecule has 3 aromatic rings. The lowest BCUT2D eigenvalue weighted by atomic mass is 9.96. The molecule has 2 unspecified atom stereocenters. The summed E-state index contributed by atoms with van der Waals surface area (Å²) >= 11 is 0. The van der Waals surface area contributed by atoms with Crippen LogP contribution in [0.25, 0.3) is 0 Å². The number of nitrogens with zero attached hydrogens (tertiary/aromatic N) is 5. The van der Waals surface area contributed by atoms with E-state index in [1.165, 1.54) is 44.1 Å². The van der Waals surface area contributed by atoms with E-state index in [4.69, 9.17) is 10.00 Å². The Morgan fingerprint density at radius 1 is 1.09 bits per heavy atom. The summed E-state index contributed by atoms with van der Waals surface area (Å²) in [7, 11) is 1.37. The molecule has 0 amide bonds. The first-order valence-corrected chi connectivity index (χ1v) is 11.8. The number of pyridine rings is 1. The van der Waals surface area contributed by atoms with Crippen LogP contribution in [0.4, 0.5) is 17.3 Å². The fourth-order valence-electron chi connectivity index (χ4n) is 5.16. The Hall–Kier alpha value is -4.03. The van der Waals surface area contributed by atoms with Crippen molar-refractivity contribution in [3.8, 4) is 6.07 Å². The van der Waals surface area contributed by atoms with Crippen LogP contribution in [0.2, 0.25) is 0 Å². The molecule has 2 N–H and O–H groups in total. The molecule has 1 aromatic carbocycles. The maximum absolute atomic E-state index is 12.4. The van der Waals surface area contributed by atoms with E-state index in [-0.39, 0.29) is 11.7 Å². The van der Waals surface area contributed by atoms with E-state index in [0.717, 1.165) is 19.4 Å². The minimum atomic E-state index is -0.436. The Balaban J connectivity index is 1.31. The zero-order chi connectivity index (χ0) is 24.2. The van der Waals surface area contributed by atoms with Gasteiger partial charge in [-0.2, -0.15) is 5.26 Å². The maximum atomic E-state index is 12.4. The van der Waals surface area contributed by atoms with Gasteiger partial charge in [-0.25, -0.2) is 19.7 Å². The van der Waals surface area contributed by atoms with Crippen LogP contribution in [0.15, 0.2) is 55.0 Å². The molecule has 2 aromatic heterocycles. The lowest BCUT2D eigenvalue weighted by Crippen LogP contribution is -2.46. The van der Waals surface area contributed by atoms with Gasteiger partial charge in [0.25, 0.3) is 0 Å². The average molecular weight is 470 g/mol. The van der Waals surface area contributed by atoms with Crippen LogP contribution in [-0.4, -0.2) is 51.1 Å². The van der Waals surface area contributed by atoms with Crippen molar-refractivity contribution in [3.05, 3.63) is 71.8 Å². The van der Waals surface area contributed by atoms with Crippen molar-refractivity contribution >= 4 is 23.3 Å². The highest BCUT2D eigenvalue weighted by Crippen LogP contribution is 2.38. The van der Waals surface area contributed by atoms with Crippen molar-refractivity contribution < 1.29 is 9.53 Å². The minimum absolute atomic E-state index is 0.236. The van der Waals surface area contributed by atoms with Gasteiger partial charge >= 0.3 is 5.97 Å². The third-order valence-electron chi connectivity index (χ3n) is 6.78. The van der Waals surface area contributed by atoms with Gasteiger partial charge in [-0.05, 0) is 31.2 Å². The summed E-state index contributed by atoms with van der Waals surface area (Å²) in [5.74, 6) is 0.540. The second-order valence-electron chi connectivity index (χ2n) is 8.99. The number of methoxy groups -OCH3 is 1. The van der Waals surface area contributed by atoms with Crippen molar-refractivity contribution in [1.82, 2.24) is 19.9 Å². The normalized spacial score (nSPS) is 21.2. The summed E-state index contributed by atoms with van der Waals surface area (Å²) in [6.45, 7) is 0.977. The number of hydrogen-bond donors (Lipinski definition) is 2. The van der Waals surface area contributed by atoms with E-state index in [1.807, 2.05) is 6.07 Å². The number of piperidine rings is 1. The molecular formula is C26H27N7O2. The molecule has 35 heavy (non-hydrogen) atoms. The van der Waals surface area contributed by atoms with Gasteiger partial charge in [0.15, 0.2) is 5.69 Å². The molecule has 5 rings (SSSR count). The number of rotatable bonds is 7. The molecule has 0 saturated carbocycles. The van der Waals surface area contributed by atoms with Gasteiger partial charge < -0.3 is 15.4 Å². The van der Waals surface area contributed by atoms with Crippen LogP contribution in [0, 0.1) is 11.3 Å². The molecule has 2 aliphatic heterocycles. The van der Waals surface area contributed by atoms with E-state index >= 15 is 0 Å². The Kier molecular flexibility index (Phi) is 6.55. The Morgan fingerprint density at radius 3 is 2.49 bits per heavy atom. The number of hydrogen-bond acceptors (Lipinski definition) is 9. The number of nitriles is 1. The third kappa shape index (κ3) is 5.08. The number of nitrogens with one attached hydrogen (secondary N) is 2. The highest BCUT2D eigenvalue weighted by molar-refractivity contribution is 5.96. The molecule has 2 fully saturated rings. The van der Waals surface area contributed by atoms with Crippen molar-refractivity contribution in [1.29, 1.82) is 5.26 Å². The fraction of sp³-hybridized carbons (Fsp3) is 0.346. The van der Waals surface area contributed by atoms with Gasteiger partial charge in [0, 0.05) is 36.9 Å². The zero-order valence-corrected chi connectivity index (χ0v) is 19.5. The van der Waals surface area contributed by atoms with Crippen LogP contribution >= 0.6 is 0 Å². The van der Waals surface area contributed by atoms with Crippen LogP contribution < -0.4 is 10.6 Å². The number of anilines is 3. The Labute approximate surface area is 204 Å². The molecule has 9 heteroatoms. The highest BCUT2D eigenvalue weighted by Gasteiger charge is 2.40. The molecule has 2 bridgehead atoms. The van der Waals surface area contributed by atoms with Gasteiger partial charge in [0.05, 0.1) is 25.2 Å². The van der Waals surface area contributed by atoms with Crippen LogP contribution in [-0.2, 0) is 11.3 Å². The average Bonchev–Trinajstić information content (AvgIpc) is 3.11. The summed E-state index contributed by atoms with van der Waals surface area (Å²) < 4.78 is 4.99. The molecule has 0 spiro atoms. The van der Waals surface area contributed by atoms with Crippen LogP contribution in [0.5, 0.6) is 0 Å². The molecule has 4 heterocycles. The third-order valence-corrected chi connectivity index (χ3v) is 6.78. The molecule has 9 nitrogen and oxygen atoms in total. The van der Waals surface area contributed by atoms with Gasteiger partial charge in [-0.15, -0.1) is 0 Å². The van der Waals surface area contributed by atoms with Crippen molar-refractivity contribution in [2.75, 3.05) is 17.7 Å². The van der Waals surface area contributed by atoms with Gasteiger partial charge in [-0.3, -0.25) is 4.90 Å². The smallest absolute Gasteiger partial charge is 0.341 e. The summed E-state index contributed by atoms with van der Waals surface area (Å²) in [6.07, 6.45) is 8.78. The van der Waals surface area contributed by atoms with Crippen LogP contribution in [0.1, 0.15) is 47.3 Å². The molecule has 3 atom stereocenters. The van der Waals surface area contributed by atoms with E-state index in [2.05, 4.69) is 60.8 Å². The Bertz CT molecular complexity index is 1210. The number of carbonyl (C=O) groups excluding carboxylic acids is 1. The van der Waals surface area contributed by atoms with E-state index in [0.29, 0.717) is 35.0 Å². The predicted octanol–water partition coefficient (Wildman–Crippen LogP) is 3.88. The summed E-state index contributed by atoms with van der Waals surface area (Å²) in [4.78, 5) is 27.6. The van der Waals surface area contributed by atoms with E-state index in [1.54, 1.807) is 6.07 Å². The van der Waals surface area contributed by atoms with E-state index < -0.39 is 5.97 Å². The van der Waals surface area contributed by atoms with Crippen LogP contribution in [0.3, 0.4) is 0 Å². The standard InChI is InChI=1S/C26H27N7O2/c1-35-26(34)22-14-30-24(32-25-15-28-19(12-27)13-29-25)11-23(22)31-18-9-20-7-8-21(10-18)33(20)16-17-5-3-2-4-6-17/h2-6,11,13-15,18,20-21H,7-10,16H2,1H3,(H2,29,30,31,32)/t18?,20-,21?/m0/s1. The molecule has 0 aliphatic carbocycles. The zero-order valence-electron chi connectivity index (χ0n) is 19.5. The van der Waals surface area contributed by atoms with Crippen molar-refractivity contribution in [2.24, 2.45) is 0 Å². The van der Waals surface area contributed by atoms with Gasteiger partial charge in [-0.1, -0.05) is 30.3 Å². The highest BCUT2D eigenvalue weighted by atomic mass is 16.5. The maximum Gasteiger partial charge on any atom is 0.341 e. The lowest BCUT2D eigenvalue weighted by molar-refractivity contribution is 0.0601. The molecule has 2 saturated heterocycles. The first kappa shape index (κ1) is 22.7. The van der Waals surface area contributed by atoms with Crippen molar-refractivity contribution in [3.63, 3.8) is 0 Å². The first-order chi connectivity index (χ1) is 17.1.